The van der Waals surface area contributed by atoms with Crippen LogP contribution in [0, 0.1) is 13.8 Å². The highest BCUT2D eigenvalue weighted by atomic mass is 16.5. The van der Waals surface area contributed by atoms with Gasteiger partial charge in [-0.3, -0.25) is 0 Å². The number of aryl methyl sites for hydroxylation is 2. The van der Waals surface area contributed by atoms with Gasteiger partial charge in [0.25, 0.3) is 0 Å². The van der Waals surface area contributed by atoms with Gasteiger partial charge in [0, 0.05) is 32.7 Å². The minimum atomic E-state index is 0.273. The van der Waals surface area contributed by atoms with E-state index in [2.05, 4.69) is 49.2 Å². The van der Waals surface area contributed by atoms with Crippen LogP contribution in [0.3, 0.4) is 0 Å². The summed E-state index contributed by atoms with van der Waals surface area (Å²) in [7, 11) is 0. The molecule has 106 valence electrons. The molecule has 1 heterocycles. The molecule has 1 aromatic carbocycles. The number of hydrogen-bond donors (Lipinski definition) is 1. The Morgan fingerprint density at radius 2 is 1.84 bits per heavy atom. The molecule has 1 N–H and O–H groups in total. The van der Waals surface area contributed by atoms with Gasteiger partial charge in [-0.15, -0.1) is 0 Å². The molecule has 1 aromatic rings. The summed E-state index contributed by atoms with van der Waals surface area (Å²) in [6.45, 7) is 12.1. The van der Waals surface area contributed by atoms with Crippen molar-refractivity contribution in [3.8, 4) is 5.75 Å². The summed E-state index contributed by atoms with van der Waals surface area (Å²) in [4.78, 5) is 2.51. The maximum absolute atomic E-state index is 6.12. The fourth-order valence-corrected chi connectivity index (χ4v) is 2.54. The molecule has 0 aliphatic carbocycles. The van der Waals surface area contributed by atoms with Crippen LogP contribution < -0.4 is 10.1 Å². The van der Waals surface area contributed by atoms with Gasteiger partial charge in [0.2, 0.25) is 0 Å². The molecule has 1 atom stereocenters. The summed E-state index contributed by atoms with van der Waals surface area (Å²) >= 11 is 0. The van der Waals surface area contributed by atoms with Gasteiger partial charge in [-0.25, -0.2) is 0 Å². The van der Waals surface area contributed by atoms with E-state index in [4.69, 9.17) is 4.74 Å². The summed E-state index contributed by atoms with van der Waals surface area (Å²) in [5.74, 6) is 1.07. The lowest BCUT2D eigenvalue weighted by atomic mass is 10.1. The van der Waals surface area contributed by atoms with Crippen LogP contribution in [0.1, 0.15) is 24.5 Å². The molecule has 1 fully saturated rings. The van der Waals surface area contributed by atoms with E-state index in [-0.39, 0.29) is 6.10 Å². The molecule has 0 aromatic heterocycles. The number of piperazine rings is 1. The van der Waals surface area contributed by atoms with Crippen molar-refractivity contribution in [2.75, 3.05) is 32.7 Å². The normalized spacial score (nSPS) is 18.3. The second-order valence-corrected chi connectivity index (χ2v) is 5.53. The Balaban J connectivity index is 1.82. The number of hydrogen-bond acceptors (Lipinski definition) is 3. The van der Waals surface area contributed by atoms with E-state index in [1.807, 2.05) is 0 Å². The average molecular weight is 262 g/mol. The van der Waals surface area contributed by atoms with Crippen molar-refractivity contribution in [2.45, 2.75) is 33.3 Å². The molecule has 1 unspecified atom stereocenters. The molecule has 0 amide bonds. The number of nitrogens with zero attached hydrogens (tertiary/aromatic N) is 1. The molecule has 0 saturated carbocycles. The van der Waals surface area contributed by atoms with Gasteiger partial charge in [-0.1, -0.05) is 18.2 Å². The number of rotatable bonds is 5. The fourth-order valence-electron chi connectivity index (χ4n) is 2.54. The van der Waals surface area contributed by atoms with Gasteiger partial charge in [0.1, 0.15) is 5.75 Å². The second kappa shape index (κ2) is 6.92. The maximum atomic E-state index is 6.12. The average Bonchev–Trinajstić information content (AvgIpc) is 2.42. The Kier molecular flexibility index (Phi) is 5.23. The van der Waals surface area contributed by atoms with Gasteiger partial charge in [0.05, 0.1) is 6.10 Å². The number of para-hydroxylation sites is 1. The molecule has 3 nitrogen and oxygen atoms in total. The van der Waals surface area contributed by atoms with Crippen molar-refractivity contribution >= 4 is 0 Å². The molecule has 19 heavy (non-hydrogen) atoms. The smallest absolute Gasteiger partial charge is 0.125 e. The quantitative estimate of drug-likeness (QED) is 0.881. The predicted molar refractivity (Wildman–Crippen MR) is 79.9 cm³/mol. The van der Waals surface area contributed by atoms with Crippen LogP contribution in [-0.4, -0.2) is 43.7 Å². The zero-order valence-corrected chi connectivity index (χ0v) is 12.4. The first-order valence-electron chi connectivity index (χ1n) is 7.33. The third-order valence-electron chi connectivity index (χ3n) is 3.79. The highest BCUT2D eigenvalue weighted by Crippen LogP contribution is 2.24. The molecule has 1 aliphatic rings. The van der Waals surface area contributed by atoms with Gasteiger partial charge < -0.3 is 15.0 Å². The molecule has 1 aliphatic heterocycles. The van der Waals surface area contributed by atoms with Crippen LogP contribution in [0.15, 0.2) is 18.2 Å². The van der Waals surface area contributed by atoms with Crippen molar-refractivity contribution < 1.29 is 4.74 Å². The minimum absolute atomic E-state index is 0.273. The van der Waals surface area contributed by atoms with E-state index in [1.54, 1.807) is 0 Å². The van der Waals surface area contributed by atoms with Crippen molar-refractivity contribution in [3.63, 3.8) is 0 Å². The highest BCUT2D eigenvalue weighted by molar-refractivity contribution is 5.39. The van der Waals surface area contributed by atoms with Crippen molar-refractivity contribution in [1.82, 2.24) is 10.2 Å². The summed E-state index contributed by atoms with van der Waals surface area (Å²) in [6.07, 6.45) is 1.36. The number of nitrogens with one attached hydrogen (secondary N) is 1. The zero-order valence-electron chi connectivity index (χ0n) is 12.4. The van der Waals surface area contributed by atoms with Crippen molar-refractivity contribution in [1.29, 1.82) is 0 Å². The SMILES string of the molecule is Cc1cccc(C)c1OC(C)CCN1CCNCC1. The van der Waals surface area contributed by atoms with Crippen LogP contribution in [0.2, 0.25) is 0 Å². The molecule has 2 rings (SSSR count). The summed E-state index contributed by atoms with van der Waals surface area (Å²) in [6, 6.07) is 6.32. The minimum Gasteiger partial charge on any atom is -0.490 e. The topological polar surface area (TPSA) is 24.5 Å². The molecule has 0 radical (unpaired) electrons. The molecule has 1 saturated heterocycles. The summed E-state index contributed by atoms with van der Waals surface area (Å²) in [5, 5.41) is 3.38. The lowest BCUT2D eigenvalue weighted by Crippen LogP contribution is -2.44. The van der Waals surface area contributed by atoms with Crippen LogP contribution in [-0.2, 0) is 0 Å². The Bertz CT molecular complexity index is 379. The van der Waals surface area contributed by atoms with Crippen LogP contribution in [0.25, 0.3) is 0 Å². The largest absolute Gasteiger partial charge is 0.490 e. The van der Waals surface area contributed by atoms with Gasteiger partial charge in [-0.05, 0) is 38.3 Å². The standard InChI is InChI=1S/C16H26N2O/c1-13-5-4-6-14(2)16(13)19-15(3)7-10-18-11-8-17-9-12-18/h4-6,15,17H,7-12H2,1-3H3. The van der Waals surface area contributed by atoms with E-state index >= 15 is 0 Å². The third kappa shape index (κ3) is 4.22. The fraction of sp³-hybridized carbons (Fsp3) is 0.625. The lowest BCUT2D eigenvalue weighted by Gasteiger charge is -2.28. The lowest BCUT2D eigenvalue weighted by molar-refractivity contribution is 0.166. The highest BCUT2D eigenvalue weighted by Gasteiger charge is 2.13. The summed E-state index contributed by atoms with van der Waals surface area (Å²) < 4.78 is 6.12. The van der Waals surface area contributed by atoms with Crippen LogP contribution >= 0.6 is 0 Å². The Morgan fingerprint density at radius 1 is 1.21 bits per heavy atom. The first-order chi connectivity index (χ1) is 9.16. The Labute approximate surface area is 116 Å². The van der Waals surface area contributed by atoms with E-state index in [0.717, 1.165) is 44.9 Å². The van der Waals surface area contributed by atoms with E-state index in [9.17, 15) is 0 Å². The first kappa shape index (κ1) is 14.4. The van der Waals surface area contributed by atoms with Crippen LogP contribution in [0.5, 0.6) is 5.75 Å². The number of benzene rings is 1. The molecule has 3 heteroatoms. The van der Waals surface area contributed by atoms with Crippen molar-refractivity contribution in [2.24, 2.45) is 0 Å². The van der Waals surface area contributed by atoms with Gasteiger partial charge >= 0.3 is 0 Å². The van der Waals surface area contributed by atoms with Gasteiger partial charge in [0.15, 0.2) is 0 Å². The van der Waals surface area contributed by atoms with E-state index < -0.39 is 0 Å². The van der Waals surface area contributed by atoms with E-state index in [1.165, 1.54) is 11.1 Å². The van der Waals surface area contributed by atoms with Crippen molar-refractivity contribution in [3.05, 3.63) is 29.3 Å². The maximum Gasteiger partial charge on any atom is 0.125 e. The molecule has 0 bridgehead atoms. The molecule has 0 spiro atoms. The monoisotopic (exact) mass is 262 g/mol. The van der Waals surface area contributed by atoms with E-state index in [0.29, 0.717) is 0 Å². The second-order valence-electron chi connectivity index (χ2n) is 5.53. The van der Waals surface area contributed by atoms with Gasteiger partial charge in [-0.2, -0.15) is 0 Å². The Morgan fingerprint density at radius 3 is 2.47 bits per heavy atom. The van der Waals surface area contributed by atoms with Crippen LogP contribution in [0.4, 0.5) is 0 Å². The number of ether oxygens (including phenoxy) is 1. The Hall–Kier alpha value is -1.06. The summed E-state index contributed by atoms with van der Waals surface area (Å²) in [5.41, 5.74) is 2.46. The predicted octanol–water partition coefficient (Wildman–Crippen LogP) is 2.37. The molecular weight excluding hydrogens is 236 g/mol. The third-order valence-corrected chi connectivity index (χ3v) is 3.79. The first-order valence-corrected chi connectivity index (χ1v) is 7.33. The molecular formula is C16H26N2O. The zero-order chi connectivity index (χ0) is 13.7.